The molecule has 6 nitrogen and oxygen atoms in total. The summed E-state index contributed by atoms with van der Waals surface area (Å²) < 4.78 is 12.5. The normalized spacial score (nSPS) is 12.1. The number of aromatic nitrogens is 2. The lowest BCUT2D eigenvalue weighted by Crippen LogP contribution is -2.28. The van der Waals surface area contributed by atoms with E-state index >= 15 is 0 Å². The average Bonchev–Trinajstić information content (AvgIpc) is 2.66. The average molecular weight is 384 g/mol. The lowest BCUT2D eigenvalue weighted by atomic mass is 9.97. The van der Waals surface area contributed by atoms with Crippen molar-refractivity contribution in [2.75, 3.05) is 19.5 Å². The zero-order valence-corrected chi connectivity index (χ0v) is 15.7. The highest BCUT2D eigenvalue weighted by atomic mass is 35.5. The van der Waals surface area contributed by atoms with Crippen molar-refractivity contribution in [3.05, 3.63) is 63.5 Å². The van der Waals surface area contributed by atoms with Crippen LogP contribution in [0.5, 0.6) is 11.5 Å². The molecular weight excluding hydrogens is 366 g/mol. The van der Waals surface area contributed by atoms with Gasteiger partial charge in [-0.3, -0.25) is 4.57 Å². The molecule has 0 aliphatic carbocycles. The third kappa shape index (κ3) is 3.24. The van der Waals surface area contributed by atoms with Crippen LogP contribution in [-0.4, -0.2) is 23.8 Å². The van der Waals surface area contributed by atoms with Crippen molar-refractivity contribution in [1.82, 2.24) is 9.55 Å². The van der Waals surface area contributed by atoms with Gasteiger partial charge >= 0.3 is 5.69 Å². The van der Waals surface area contributed by atoms with Crippen molar-refractivity contribution in [3.63, 3.8) is 0 Å². The second-order valence-corrected chi connectivity index (χ2v) is 6.65. The fourth-order valence-electron chi connectivity index (χ4n) is 3.32. The molecule has 0 bridgehead atoms. The van der Waals surface area contributed by atoms with Gasteiger partial charge in [-0.15, -0.1) is 0 Å². The first-order valence-electron chi connectivity index (χ1n) is 8.49. The van der Waals surface area contributed by atoms with E-state index in [0.29, 0.717) is 28.9 Å². The van der Waals surface area contributed by atoms with E-state index in [9.17, 15) is 4.79 Å². The summed E-state index contributed by atoms with van der Waals surface area (Å²) in [5, 5.41) is 3.76. The summed E-state index contributed by atoms with van der Waals surface area (Å²) in [6, 6.07) is 13.0. The highest BCUT2D eigenvalue weighted by Crippen LogP contribution is 2.38. The number of benzene rings is 2. The Hall–Kier alpha value is -2.99. The Morgan fingerprint density at radius 1 is 1.11 bits per heavy atom. The quantitative estimate of drug-likeness (QED) is 0.740. The molecule has 0 spiro atoms. The molecule has 1 aliphatic rings. The second-order valence-electron chi connectivity index (χ2n) is 6.21. The smallest absolute Gasteiger partial charge is 0.350 e. The molecule has 2 aromatic carbocycles. The molecule has 0 saturated heterocycles. The van der Waals surface area contributed by atoms with Crippen LogP contribution in [-0.2, 0) is 13.0 Å². The van der Waals surface area contributed by atoms with Crippen molar-refractivity contribution in [2.24, 2.45) is 0 Å². The summed E-state index contributed by atoms with van der Waals surface area (Å²) in [7, 11) is 3.21. The Kier molecular flexibility index (Phi) is 4.49. The molecule has 0 atom stereocenters. The van der Waals surface area contributed by atoms with E-state index in [-0.39, 0.29) is 5.69 Å². The van der Waals surface area contributed by atoms with Gasteiger partial charge in [-0.05, 0) is 42.3 Å². The Balaban J connectivity index is 1.82. The minimum Gasteiger partial charge on any atom is -0.493 e. The molecule has 138 valence electrons. The Morgan fingerprint density at radius 3 is 2.63 bits per heavy atom. The molecule has 7 heteroatoms. The molecule has 0 unspecified atom stereocenters. The highest BCUT2D eigenvalue weighted by molar-refractivity contribution is 6.30. The van der Waals surface area contributed by atoms with Gasteiger partial charge < -0.3 is 14.8 Å². The Bertz CT molecular complexity index is 1080. The number of rotatable bonds is 4. The van der Waals surface area contributed by atoms with Crippen molar-refractivity contribution in [2.45, 2.75) is 13.0 Å². The summed E-state index contributed by atoms with van der Waals surface area (Å²) in [5.74, 6) is 1.77. The van der Waals surface area contributed by atoms with Gasteiger partial charge in [0.1, 0.15) is 5.82 Å². The van der Waals surface area contributed by atoms with Gasteiger partial charge in [0.05, 0.1) is 19.9 Å². The molecule has 4 rings (SSSR count). The summed E-state index contributed by atoms with van der Waals surface area (Å²) in [5.41, 5.74) is 3.31. The Morgan fingerprint density at radius 2 is 1.89 bits per heavy atom. The molecule has 0 radical (unpaired) electrons. The van der Waals surface area contributed by atoms with Gasteiger partial charge in [0.15, 0.2) is 11.5 Å². The fourth-order valence-corrected chi connectivity index (χ4v) is 3.51. The number of anilines is 2. The minimum atomic E-state index is -0.294. The fraction of sp³-hybridized carbons (Fsp3) is 0.200. The summed E-state index contributed by atoms with van der Waals surface area (Å²) in [4.78, 5) is 16.7. The zero-order chi connectivity index (χ0) is 19.0. The van der Waals surface area contributed by atoms with E-state index in [1.54, 1.807) is 30.9 Å². The van der Waals surface area contributed by atoms with Crippen LogP contribution in [0.4, 0.5) is 11.5 Å². The Labute approximate surface area is 161 Å². The van der Waals surface area contributed by atoms with E-state index in [2.05, 4.69) is 10.3 Å². The third-order valence-electron chi connectivity index (χ3n) is 4.60. The molecule has 0 saturated carbocycles. The van der Waals surface area contributed by atoms with Gasteiger partial charge in [-0.1, -0.05) is 17.7 Å². The number of hydrogen-bond donors (Lipinski definition) is 1. The maximum absolute atomic E-state index is 12.6. The number of ether oxygens (including phenoxy) is 2. The molecular formula is C20H18ClN3O3. The first-order chi connectivity index (χ1) is 13.1. The van der Waals surface area contributed by atoms with Crippen LogP contribution in [0, 0.1) is 0 Å². The standard InChI is InChI=1S/C20H18ClN3O3/c1-26-17-8-12-6-7-24-16(15(12)10-18(17)27-2)11-19(23-20(24)25)22-14-5-3-4-13(21)9-14/h3-5,8-11H,6-7H2,1-2H3,(H,22,23,25). The monoisotopic (exact) mass is 383 g/mol. The lowest BCUT2D eigenvalue weighted by molar-refractivity contribution is 0.354. The van der Waals surface area contributed by atoms with E-state index in [1.807, 2.05) is 30.3 Å². The number of nitrogens with one attached hydrogen (secondary N) is 1. The topological polar surface area (TPSA) is 65.4 Å². The van der Waals surface area contributed by atoms with E-state index in [1.165, 1.54) is 0 Å². The first kappa shape index (κ1) is 17.4. The predicted molar refractivity (Wildman–Crippen MR) is 105 cm³/mol. The molecule has 1 aliphatic heterocycles. The van der Waals surface area contributed by atoms with Crippen molar-refractivity contribution in [1.29, 1.82) is 0 Å². The van der Waals surface area contributed by atoms with Crippen molar-refractivity contribution >= 4 is 23.1 Å². The van der Waals surface area contributed by atoms with Crippen LogP contribution in [0.3, 0.4) is 0 Å². The maximum Gasteiger partial charge on any atom is 0.350 e. The molecule has 1 aromatic heterocycles. The molecule has 3 aromatic rings. The zero-order valence-electron chi connectivity index (χ0n) is 15.0. The number of fused-ring (bicyclic) bond motifs is 3. The molecule has 27 heavy (non-hydrogen) atoms. The molecule has 2 heterocycles. The van der Waals surface area contributed by atoms with E-state index in [0.717, 1.165) is 28.9 Å². The van der Waals surface area contributed by atoms with Crippen LogP contribution in [0.1, 0.15) is 5.56 Å². The van der Waals surface area contributed by atoms with Crippen molar-refractivity contribution in [3.8, 4) is 22.8 Å². The van der Waals surface area contributed by atoms with E-state index in [4.69, 9.17) is 21.1 Å². The molecule has 0 fully saturated rings. The molecule has 1 N–H and O–H groups in total. The maximum atomic E-state index is 12.6. The first-order valence-corrected chi connectivity index (χ1v) is 8.86. The number of hydrogen-bond acceptors (Lipinski definition) is 5. The summed E-state index contributed by atoms with van der Waals surface area (Å²) in [6.45, 7) is 0.571. The van der Waals surface area contributed by atoms with Crippen LogP contribution in [0.15, 0.2) is 47.3 Å². The van der Waals surface area contributed by atoms with Gasteiger partial charge in [0.2, 0.25) is 0 Å². The van der Waals surface area contributed by atoms with Crippen LogP contribution in [0.2, 0.25) is 5.02 Å². The van der Waals surface area contributed by atoms with Crippen LogP contribution in [0.25, 0.3) is 11.3 Å². The van der Waals surface area contributed by atoms with Gasteiger partial charge in [0.25, 0.3) is 0 Å². The van der Waals surface area contributed by atoms with Crippen molar-refractivity contribution < 1.29 is 9.47 Å². The molecule has 0 amide bonds. The lowest BCUT2D eigenvalue weighted by Gasteiger charge is -2.23. The number of methoxy groups -OCH3 is 2. The third-order valence-corrected chi connectivity index (χ3v) is 4.83. The number of aryl methyl sites for hydroxylation is 1. The van der Waals surface area contributed by atoms with Gasteiger partial charge in [0, 0.05) is 28.9 Å². The minimum absolute atomic E-state index is 0.294. The van der Waals surface area contributed by atoms with Gasteiger partial charge in [-0.25, -0.2) is 4.79 Å². The summed E-state index contributed by atoms with van der Waals surface area (Å²) >= 11 is 6.03. The van der Waals surface area contributed by atoms with Crippen LogP contribution < -0.4 is 20.5 Å². The largest absolute Gasteiger partial charge is 0.493 e. The number of halogens is 1. The van der Waals surface area contributed by atoms with Gasteiger partial charge in [-0.2, -0.15) is 4.98 Å². The van der Waals surface area contributed by atoms with E-state index < -0.39 is 0 Å². The number of nitrogens with zero attached hydrogens (tertiary/aromatic N) is 2. The SMILES string of the molecule is COc1cc2c(cc1OC)-c1cc(Nc3cccc(Cl)c3)nc(=O)n1CC2. The second kappa shape index (κ2) is 6.96. The highest BCUT2D eigenvalue weighted by Gasteiger charge is 2.21. The summed E-state index contributed by atoms with van der Waals surface area (Å²) in [6.07, 6.45) is 0.728. The van der Waals surface area contributed by atoms with Crippen LogP contribution >= 0.6 is 11.6 Å². The predicted octanol–water partition coefficient (Wildman–Crippen LogP) is 3.88.